The summed E-state index contributed by atoms with van der Waals surface area (Å²) in [5.41, 5.74) is 4.77. The van der Waals surface area contributed by atoms with Crippen LogP contribution < -0.4 is 0 Å². The summed E-state index contributed by atoms with van der Waals surface area (Å²) in [5.74, 6) is -1.12. The molecule has 30 heavy (non-hydrogen) atoms. The van der Waals surface area contributed by atoms with Gasteiger partial charge in [-0.25, -0.2) is 19.2 Å². The van der Waals surface area contributed by atoms with Crippen LogP contribution in [0.3, 0.4) is 0 Å². The molecule has 0 aliphatic heterocycles. The van der Waals surface area contributed by atoms with Crippen molar-refractivity contribution in [3.63, 3.8) is 0 Å². The van der Waals surface area contributed by atoms with Gasteiger partial charge in [0.2, 0.25) is 0 Å². The van der Waals surface area contributed by atoms with Gasteiger partial charge >= 0.3 is 5.97 Å². The monoisotopic (exact) mass is 402 g/mol. The van der Waals surface area contributed by atoms with Gasteiger partial charge in [-0.05, 0) is 67.4 Å². The van der Waals surface area contributed by atoms with E-state index >= 15 is 0 Å². The number of aromatic carboxylic acids is 1. The fraction of sp³-hybridized carbons (Fsp3) is 0.0870. The number of carbonyl (C=O) groups is 1. The summed E-state index contributed by atoms with van der Waals surface area (Å²) in [5, 5.41) is 9.48. The van der Waals surface area contributed by atoms with Gasteiger partial charge in [0.05, 0.1) is 12.0 Å². The Hall–Kier alpha value is -4.00. The maximum Gasteiger partial charge on any atom is 0.354 e. The fourth-order valence-electron chi connectivity index (χ4n) is 3.24. The lowest BCUT2D eigenvalue weighted by molar-refractivity contribution is 0.0692. The number of aromatic nitrogens is 4. The second kappa shape index (κ2) is 7.79. The molecule has 7 heteroatoms. The molecule has 2 N–H and O–H groups in total. The predicted molar refractivity (Wildman–Crippen MR) is 113 cm³/mol. The molecular formula is C23H19FN4O2. The molecule has 0 fully saturated rings. The summed E-state index contributed by atoms with van der Waals surface area (Å²) in [6, 6.07) is 11.6. The van der Waals surface area contributed by atoms with Crippen LogP contribution in [-0.4, -0.2) is 30.6 Å². The van der Waals surface area contributed by atoms with Crippen molar-refractivity contribution < 1.29 is 14.3 Å². The van der Waals surface area contributed by atoms with Gasteiger partial charge in [-0.2, -0.15) is 0 Å². The van der Waals surface area contributed by atoms with Gasteiger partial charge in [-0.3, -0.25) is 0 Å². The predicted octanol–water partition coefficient (Wildman–Crippen LogP) is 4.89. The Labute approximate surface area is 172 Å². The van der Waals surface area contributed by atoms with Crippen molar-refractivity contribution in [1.29, 1.82) is 0 Å². The average molecular weight is 402 g/mol. The van der Waals surface area contributed by atoms with Crippen molar-refractivity contribution in [2.75, 3.05) is 0 Å². The van der Waals surface area contributed by atoms with Crippen LogP contribution in [0, 0.1) is 19.7 Å². The van der Waals surface area contributed by atoms with Crippen LogP contribution in [0.4, 0.5) is 4.39 Å². The quantitative estimate of drug-likeness (QED) is 0.498. The number of imidazole rings is 2. The van der Waals surface area contributed by atoms with Crippen LogP contribution in [0.5, 0.6) is 0 Å². The number of hydrogen-bond acceptors (Lipinski definition) is 3. The van der Waals surface area contributed by atoms with Gasteiger partial charge in [-0.15, -0.1) is 0 Å². The second-order valence-electron chi connectivity index (χ2n) is 6.96. The number of nitrogens with zero attached hydrogens (tertiary/aromatic N) is 3. The van der Waals surface area contributed by atoms with Crippen LogP contribution >= 0.6 is 0 Å². The third-order valence-corrected chi connectivity index (χ3v) is 4.70. The Balaban J connectivity index is 1.62. The lowest BCUT2D eigenvalue weighted by Crippen LogP contribution is -1.99. The summed E-state index contributed by atoms with van der Waals surface area (Å²) in [6.45, 7) is 3.96. The molecule has 0 saturated carbocycles. The normalized spacial score (nSPS) is 11.3. The van der Waals surface area contributed by atoms with E-state index in [2.05, 4.69) is 15.0 Å². The van der Waals surface area contributed by atoms with Gasteiger partial charge < -0.3 is 14.7 Å². The third kappa shape index (κ3) is 3.91. The van der Waals surface area contributed by atoms with E-state index in [0.29, 0.717) is 11.4 Å². The number of halogens is 1. The molecule has 4 aromatic rings. The van der Waals surface area contributed by atoms with E-state index in [0.717, 1.165) is 22.5 Å². The number of hydrogen-bond donors (Lipinski definition) is 2. The standard InChI is InChI=1S/C23H19FN4O2/c1-14-11-16(3-9-19(14)28-12-15(2)25-13-28)4-10-20-26-21(22(27-20)23(29)30)17-5-7-18(24)8-6-17/h3-13H,1-2H3,(H,26,27)(H,29,30)/b10-4+. The molecule has 2 aromatic heterocycles. The van der Waals surface area contributed by atoms with E-state index in [1.54, 1.807) is 12.4 Å². The minimum absolute atomic E-state index is 0.0386. The third-order valence-electron chi connectivity index (χ3n) is 4.70. The van der Waals surface area contributed by atoms with Crippen molar-refractivity contribution in [1.82, 2.24) is 19.5 Å². The molecule has 2 heterocycles. The number of nitrogens with one attached hydrogen (secondary N) is 1. The Kier molecular flexibility index (Phi) is 5.02. The lowest BCUT2D eigenvalue weighted by atomic mass is 10.1. The summed E-state index contributed by atoms with van der Waals surface area (Å²) in [4.78, 5) is 23.0. The highest BCUT2D eigenvalue weighted by Crippen LogP contribution is 2.23. The SMILES string of the molecule is Cc1cn(-c2ccc(/C=C/c3nc(-c4ccc(F)cc4)c(C(=O)O)[nH]3)cc2C)cn1. The van der Waals surface area contributed by atoms with E-state index in [1.165, 1.54) is 24.3 Å². The van der Waals surface area contributed by atoms with Crippen molar-refractivity contribution in [2.45, 2.75) is 13.8 Å². The molecular weight excluding hydrogens is 383 g/mol. The highest BCUT2D eigenvalue weighted by Gasteiger charge is 2.17. The first-order chi connectivity index (χ1) is 14.4. The summed E-state index contributed by atoms with van der Waals surface area (Å²) >= 11 is 0. The van der Waals surface area contributed by atoms with Crippen LogP contribution in [0.2, 0.25) is 0 Å². The topological polar surface area (TPSA) is 83.8 Å². The minimum atomic E-state index is -1.13. The molecule has 4 rings (SSSR count). The van der Waals surface area contributed by atoms with E-state index in [1.807, 2.05) is 48.9 Å². The number of carboxylic acid groups (broad SMARTS) is 1. The molecule has 0 radical (unpaired) electrons. The molecule has 0 aliphatic rings. The first kappa shape index (κ1) is 19.3. The van der Waals surface area contributed by atoms with Gasteiger partial charge in [0.25, 0.3) is 0 Å². The maximum absolute atomic E-state index is 13.2. The number of aryl methyl sites for hydroxylation is 2. The molecule has 0 aliphatic carbocycles. The summed E-state index contributed by atoms with van der Waals surface area (Å²) < 4.78 is 15.2. The molecule has 0 unspecified atom stereocenters. The molecule has 0 amide bonds. The Bertz CT molecular complexity index is 1250. The Morgan fingerprint density at radius 2 is 1.90 bits per heavy atom. The minimum Gasteiger partial charge on any atom is -0.477 e. The molecule has 0 bridgehead atoms. The van der Waals surface area contributed by atoms with Crippen LogP contribution in [0.1, 0.15) is 33.1 Å². The van der Waals surface area contributed by atoms with Gasteiger partial charge in [0.1, 0.15) is 17.3 Å². The van der Waals surface area contributed by atoms with E-state index in [9.17, 15) is 14.3 Å². The highest BCUT2D eigenvalue weighted by atomic mass is 19.1. The summed E-state index contributed by atoms with van der Waals surface area (Å²) in [7, 11) is 0. The smallest absolute Gasteiger partial charge is 0.354 e. The van der Waals surface area contributed by atoms with E-state index in [4.69, 9.17) is 0 Å². The average Bonchev–Trinajstić information content (AvgIpc) is 3.34. The van der Waals surface area contributed by atoms with Crippen molar-refractivity contribution >= 4 is 18.1 Å². The number of H-pyrrole nitrogens is 1. The molecule has 2 aromatic carbocycles. The maximum atomic E-state index is 13.2. The summed E-state index contributed by atoms with van der Waals surface area (Å²) in [6.07, 6.45) is 7.32. The first-order valence-corrected chi connectivity index (χ1v) is 9.29. The van der Waals surface area contributed by atoms with Crippen molar-refractivity contribution in [3.05, 3.63) is 89.1 Å². The van der Waals surface area contributed by atoms with E-state index in [-0.39, 0.29) is 11.4 Å². The largest absolute Gasteiger partial charge is 0.477 e. The van der Waals surface area contributed by atoms with Gasteiger partial charge in [0, 0.05) is 17.4 Å². The highest BCUT2D eigenvalue weighted by molar-refractivity contribution is 5.93. The van der Waals surface area contributed by atoms with Crippen LogP contribution in [-0.2, 0) is 0 Å². The molecule has 0 atom stereocenters. The van der Waals surface area contributed by atoms with Crippen molar-refractivity contribution in [2.24, 2.45) is 0 Å². The number of benzene rings is 2. The Morgan fingerprint density at radius 1 is 1.13 bits per heavy atom. The van der Waals surface area contributed by atoms with Crippen molar-refractivity contribution in [3.8, 4) is 16.9 Å². The van der Waals surface area contributed by atoms with Crippen LogP contribution in [0.25, 0.3) is 29.1 Å². The first-order valence-electron chi connectivity index (χ1n) is 9.29. The Morgan fingerprint density at radius 3 is 2.53 bits per heavy atom. The number of rotatable bonds is 5. The number of carboxylic acids is 1. The van der Waals surface area contributed by atoms with Gasteiger partial charge in [-0.1, -0.05) is 12.1 Å². The molecule has 0 saturated heterocycles. The zero-order chi connectivity index (χ0) is 21.3. The van der Waals surface area contributed by atoms with Crippen LogP contribution in [0.15, 0.2) is 55.0 Å². The molecule has 6 nitrogen and oxygen atoms in total. The van der Waals surface area contributed by atoms with Gasteiger partial charge in [0.15, 0.2) is 5.69 Å². The van der Waals surface area contributed by atoms with E-state index < -0.39 is 11.8 Å². The second-order valence-corrected chi connectivity index (χ2v) is 6.96. The lowest BCUT2D eigenvalue weighted by Gasteiger charge is -2.07. The molecule has 0 spiro atoms. The zero-order valence-electron chi connectivity index (χ0n) is 16.4. The molecule has 150 valence electrons. The number of aromatic amines is 1. The zero-order valence-corrected chi connectivity index (χ0v) is 16.4. The fourth-order valence-corrected chi connectivity index (χ4v) is 3.24.